The van der Waals surface area contributed by atoms with Gasteiger partial charge in [-0.25, -0.2) is 4.98 Å². The average Bonchev–Trinajstić information content (AvgIpc) is 3.22. The van der Waals surface area contributed by atoms with Crippen LogP contribution in [0.1, 0.15) is 21.5 Å². The van der Waals surface area contributed by atoms with Crippen LogP contribution in [0.3, 0.4) is 0 Å². The van der Waals surface area contributed by atoms with E-state index in [0.29, 0.717) is 17.9 Å². The zero-order valence-corrected chi connectivity index (χ0v) is 19.7. The Hall–Kier alpha value is -2.19. The molecule has 31 heavy (non-hydrogen) atoms. The molecule has 0 N–H and O–H groups in total. The van der Waals surface area contributed by atoms with E-state index in [1.165, 1.54) is 5.56 Å². The van der Waals surface area contributed by atoms with Crippen molar-refractivity contribution in [3.05, 3.63) is 53.1 Å². The normalized spacial score (nSPS) is 14.3. The van der Waals surface area contributed by atoms with Gasteiger partial charge in [0.1, 0.15) is 5.75 Å². The van der Waals surface area contributed by atoms with Crippen LogP contribution >= 0.6 is 23.7 Å². The van der Waals surface area contributed by atoms with Gasteiger partial charge in [-0.2, -0.15) is 0 Å². The van der Waals surface area contributed by atoms with Crippen LogP contribution in [0.2, 0.25) is 0 Å². The van der Waals surface area contributed by atoms with Gasteiger partial charge >= 0.3 is 0 Å². The van der Waals surface area contributed by atoms with Crippen LogP contribution in [0.15, 0.2) is 36.4 Å². The molecule has 2 aromatic carbocycles. The van der Waals surface area contributed by atoms with E-state index in [4.69, 9.17) is 14.5 Å². The topological polar surface area (TPSA) is 54.9 Å². The molecule has 0 spiro atoms. The van der Waals surface area contributed by atoms with Crippen LogP contribution in [-0.4, -0.2) is 62.3 Å². The Morgan fingerprint density at radius 2 is 2.00 bits per heavy atom. The molecule has 0 aliphatic carbocycles. The van der Waals surface area contributed by atoms with Crippen LogP contribution in [-0.2, 0) is 4.74 Å². The van der Waals surface area contributed by atoms with Gasteiger partial charge in [0.05, 0.1) is 30.5 Å². The molecule has 0 bridgehead atoms. The Balaban J connectivity index is 0.00000272. The van der Waals surface area contributed by atoms with E-state index < -0.39 is 0 Å². The van der Waals surface area contributed by atoms with Gasteiger partial charge < -0.3 is 9.47 Å². The summed E-state index contributed by atoms with van der Waals surface area (Å²) in [7, 11) is 1.61. The van der Waals surface area contributed by atoms with Crippen molar-refractivity contribution >= 4 is 45.0 Å². The van der Waals surface area contributed by atoms with E-state index in [1.807, 2.05) is 23.1 Å². The highest BCUT2D eigenvalue weighted by atomic mass is 35.5. The number of aryl methyl sites for hydroxylation is 2. The monoisotopic (exact) mass is 461 g/mol. The number of hydrogen-bond acceptors (Lipinski definition) is 6. The molecule has 1 aliphatic heterocycles. The summed E-state index contributed by atoms with van der Waals surface area (Å²) in [5.74, 6) is 0.611. The molecule has 0 radical (unpaired) electrons. The smallest absolute Gasteiger partial charge is 0.260 e. The molecule has 0 atom stereocenters. The van der Waals surface area contributed by atoms with Gasteiger partial charge in [-0.1, -0.05) is 23.5 Å². The van der Waals surface area contributed by atoms with Crippen LogP contribution < -0.4 is 9.64 Å². The SMILES string of the molecule is COc1cccc(C(=O)N(CCN2CCOCC2)c2nc3c(C)c(C)ccc3s2)c1.Cl. The number of hydrogen-bond donors (Lipinski definition) is 0. The summed E-state index contributed by atoms with van der Waals surface area (Å²) in [5, 5.41) is 0.736. The Labute approximate surface area is 193 Å². The fourth-order valence-corrected chi connectivity index (χ4v) is 4.64. The molecule has 0 unspecified atom stereocenters. The lowest BCUT2D eigenvalue weighted by Gasteiger charge is -2.29. The maximum absolute atomic E-state index is 13.5. The van der Waals surface area contributed by atoms with Crippen LogP contribution in [0.5, 0.6) is 5.75 Å². The fourth-order valence-electron chi connectivity index (χ4n) is 3.59. The quantitative estimate of drug-likeness (QED) is 0.547. The second-order valence-electron chi connectivity index (χ2n) is 7.49. The minimum Gasteiger partial charge on any atom is -0.497 e. The second kappa shape index (κ2) is 10.4. The summed E-state index contributed by atoms with van der Waals surface area (Å²) in [6, 6.07) is 11.5. The van der Waals surface area contributed by atoms with Gasteiger partial charge in [-0.05, 0) is 49.2 Å². The molecule has 1 aromatic heterocycles. The summed E-state index contributed by atoms with van der Waals surface area (Å²) in [6.07, 6.45) is 0. The van der Waals surface area contributed by atoms with Crippen LogP contribution in [0, 0.1) is 13.8 Å². The summed E-state index contributed by atoms with van der Waals surface area (Å²) in [5.41, 5.74) is 3.95. The highest BCUT2D eigenvalue weighted by Gasteiger charge is 2.23. The third kappa shape index (κ3) is 5.18. The predicted molar refractivity (Wildman–Crippen MR) is 128 cm³/mol. The molecule has 6 nitrogen and oxygen atoms in total. The molecular formula is C23H28ClN3O3S. The van der Waals surface area contributed by atoms with E-state index in [1.54, 1.807) is 24.5 Å². The Morgan fingerprint density at radius 3 is 2.74 bits per heavy atom. The second-order valence-corrected chi connectivity index (χ2v) is 8.50. The van der Waals surface area contributed by atoms with E-state index >= 15 is 0 Å². The van der Waals surface area contributed by atoms with Gasteiger partial charge in [0, 0.05) is 31.7 Å². The zero-order chi connectivity index (χ0) is 21.1. The van der Waals surface area contributed by atoms with Crippen molar-refractivity contribution in [2.24, 2.45) is 0 Å². The molecular weight excluding hydrogens is 434 g/mol. The minimum atomic E-state index is -0.0596. The van der Waals surface area contributed by atoms with Crippen molar-refractivity contribution in [1.82, 2.24) is 9.88 Å². The molecule has 8 heteroatoms. The number of aromatic nitrogens is 1. The lowest BCUT2D eigenvalue weighted by molar-refractivity contribution is 0.0391. The number of carbonyl (C=O) groups is 1. The molecule has 1 aliphatic rings. The molecule has 1 fully saturated rings. The first-order valence-electron chi connectivity index (χ1n) is 10.2. The molecule has 1 saturated heterocycles. The number of benzene rings is 2. The fraction of sp³-hybridized carbons (Fsp3) is 0.391. The number of amides is 1. The Bertz CT molecular complexity index is 1050. The molecule has 0 saturated carbocycles. The van der Waals surface area contributed by atoms with Crippen molar-refractivity contribution in [2.75, 3.05) is 51.4 Å². The van der Waals surface area contributed by atoms with Crippen molar-refractivity contribution in [3.8, 4) is 5.75 Å². The standard InChI is InChI=1S/C23H27N3O3S.ClH/c1-16-7-8-20-21(17(16)2)24-23(30-20)26(10-9-25-11-13-29-14-12-25)22(27)18-5-4-6-19(15-18)28-3;/h4-8,15H,9-14H2,1-3H3;1H. The molecule has 3 aromatic rings. The summed E-state index contributed by atoms with van der Waals surface area (Å²) >= 11 is 1.57. The van der Waals surface area contributed by atoms with Crippen molar-refractivity contribution in [1.29, 1.82) is 0 Å². The number of morpholine rings is 1. The summed E-state index contributed by atoms with van der Waals surface area (Å²) < 4.78 is 11.9. The van der Waals surface area contributed by atoms with Crippen molar-refractivity contribution < 1.29 is 14.3 Å². The number of carbonyl (C=O) groups excluding carboxylic acids is 1. The van der Waals surface area contributed by atoms with Crippen LogP contribution in [0.4, 0.5) is 5.13 Å². The van der Waals surface area contributed by atoms with Gasteiger partial charge in [-0.15, -0.1) is 12.4 Å². The largest absolute Gasteiger partial charge is 0.497 e. The van der Waals surface area contributed by atoms with Gasteiger partial charge in [-0.3, -0.25) is 14.6 Å². The third-order valence-corrected chi connectivity index (χ3v) is 6.65. The number of thiazole rings is 1. The van der Waals surface area contributed by atoms with Gasteiger partial charge in [0.2, 0.25) is 0 Å². The number of fused-ring (bicyclic) bond motifs is 1. The number of rotatable bonds is 6. The number of methoxy groups -OCH3 is 1. The number of nitrogens with zero attached hydrogens (tertiary/aromatic N) is 3. The summed E-state index contributed by atoms with van der Waals surface area (Å²) in [4.78, 5) is 22.5. The van der Waals surface area contributed by atoms with Gasteiger partial charge in [0.25, 0.3) is 5.91 Å². The van der Waals surface area contributed by atoms with Crippen molar-refractivity contribution in [3.63, 3.8) is 0 Å². The summed E-state index contributed by atoms with van der Waals surface area (Å²) in [6.45, 7) is 8.79. The molecule has 1 amide bonds. The number of anilines is 1. The molecule has 4 rings (SSSR count). The number of ether oxygens (including phenoxy) is 2. The van der Waals surface area contributed by atoms with E-state index in [9.17, 15) is 4.79 Å². The van der Waals surface area contributed by atoms with Crippen molar-refractivity contribution in [2.45, 2.75) is 13.8 Å². The third-order valence-electron chi connectivity index (χ3n) is 5.61. The molecule has 2 heterocycles. The Morgan fingerprint density at radius 1 is 1.23 bits per heavy atom. The minimum absolute atomic E-state index is 0. The lowest BCUT2D eigenvalue weighted by atomic mass is 10.1. The lowest BCUT2D eigenvalue weighted by Crippen LogP contribution is -2.43. The van der Waals surface area contributed by atoms with E-state index in [0.717, 1.165) is 53.8 Å². The van der Waals surface area contributed by atoms with E-state index in [-0.39, 0.29) is 18.3 Å². The predicted octanol–water partition coefficient (Wildman–Crippen LogP) is 4.32. The maximum atomic E-state index is 13.5. The Kier molecular flexibility index (Phi) is 7.89. The maximum Gasteiger partial charge on any atom is 0.260 e. The van der Waals surface area contributed by atoms with E-state index in [2.05, 4.69) is 30.9 Å². The first-order valence-corrected chi connectivity index (χ1v) is 11.0. The van der Waals surface area contributed by atoms with Gasteiger partial charge in [0.15, 0.2) is 5.13 Å². The number of halogens is 1. The highest BCUT2D eigenvalue weighted by molar-refractivity contribution is 7.22. The van der Waals surface area contributed by atoms with Crippen LogP contribution in [0.25, 0.3) is 10.2 Å². The first-order chi connectivity index (χ1) is 14.6. The highest BCUT2D eigenvalue weighted by Crippen LogP contribution is 2.32. The molecule has 166 valence electrons. The average molecular weight is 462 g/mol. The zero-order valence-electron chi connectivity index (χ0n) is 18.1. The first kappa shape index (κ1) is 23.5.